The van der Waals surface area contributed by atoms with E-state index in [4.69, 9.17) is 15.3 Å². The molecule has 0 atom stereocenters. The normalized spacial score (nSPS) is 6.25. The van der Waals surface area contributed by atoms with E-state index in [0.29, 0.717) is 0 Å². The molecule has 0 unspecified atom stereocenters. The van der Waals surface area contributed by atoms with Crippen LogP contribution >= 0.6 is 0 Å². The molecule has 0 heterocycles. The molecule has 0 amide bonds. The van der Waals surface area contributed by atoms with E-state index in [1.165, 1.54) is 0 Å². The third-order valence-corrected chi connectivity index (χ3v) is 0.540. The van der Waals surface area contributed by atoms with Gasteiger partial charge in [-0.3, -0.25) is 0 Å². The zero-order chi connectivity index (χ0) is 6.99. The first-order valence-electron chi connectivity index (χ1n) is 1.59. The molecular weight excluding hydrogens is 204 g/mol. The van der Waals surface area contributed by atoms with Crippen LogP contribution in [-0.4, -0.2) is 5.09 Å². The van der Waals surface area contributed by atoms with Gasteiger partial charge >= 0.3 is 36.8 Å². The second kappa shape index (κ2) is 9.78. The van der Waals surface area contributed by atoms with E-state index in [1.54, 1.807) is 0 Å². The molecule has 50 valence electrons. The fourth-order valence-electron chi connectivity index (χ4n) is 0. The Labute approximate surface area is 57.7 Å². The van der Waals surface area contributed by atoms with E-state index in [0.717, 1.165) is 4.89 Å². The average Bonchev–Trinajstić information content (AvgIpc) is 1.65. The molecule has 4 nitrogen and oxygen atoms in total. The summed E-state index contributed by atoms with van der Waals surface area (Å²) in [5.74, 6) is 0. The minimum Gasteiger partial charge on any atom is -0.356 e. The molecule has 0 saturated carbocycles. The van der Waals surface area contributed by atoms with Gasteiger partial charge in [-0.2, -0.15) is 0 Å². The van der Waals surface area contributed by atoms with Crippen molar-refractivity contribution in [2.75, 3.05) is 0 Å². The molecule has 0 spiro atoms. The average molecular weight is 209 g/mol. The van der Waals surface area contributed by atoms with Gasteiger partial charge in [0, 0.05) is 0 Å². The fourth-order valence-corrected chi connectivity index (χ4v) is 0. The van der Waals surface area contributed by atoms with Gasteiger partial charge < -0.3 is 15.3 Å². The van der Waals surface area contributed by atoms with E-state index < -0.39 is 5.09 Å². The molecule has 0 aliphatic carbocycles. The predicted octanol–water partition coefficient (Wildman–Crippen LogP) is 0.898. The molecule has 0 fully saturated rings. The van der Waals surface area contributed by atoms with Crippen LogP contribution in [0.25, 0.3) is 0 Å². The summed E-state index contributed by atoms with van der Waals surface area (Å²) in [6, 6.07) is 0. The quantitative estimate of drug-likeness (QED) is 0.279. The monoisotopic (exact) mass is 209 g/mol. The molecule has 0 aromatic heterocycles. The van der Waals surface area contributed by atoms with Gasteiger partial charge in [0.15, 0.2) is 0 Å². The second-order valence-corrected chi connectivity index (χ2v) is 1.28. The van der Waals surface area contributed by atoms with Crippen LogP contribution in [0.4, 0.5) is 0 Å². The Morgan fingerprint density at radius 1 is 1.75 bits per heavy atom. The minimum atomic E-state index is -1.75. The summed E-state index contributed by atoms with van der Waals surface area (Å²) >= 11 is 2.92. The molecule has 0 rings (SSSR count). The third kappa shape index (κ3) is 327. The maximum Gasteiger partial charge on any atom is 0.0689 e. The number of hydrogen-bond donors (Lipinski definition) is 0. The molecule has 0 N–H and O–H groups in total. The standard InChI is InChI=1S/C3H5.NO3.Pd/c1-3-2;2-1(3)4;/h3H,1-2H2;;/q;-1;+1. The molecule has 8 heavy (non-hydrogen) atoms. The summed E-state index contributed by atoms with van der Waals surface area (Å²) < 4.78 is 0. The Kier molecular flexibility index (Phi) is 12.9. The van der Waals surface area contributed by atoms with Crippen molar-refractivity contribution in [3.8, 4) is 0 Å². The van der Waals surface area contributed by atoms with Crippen molar-refractivity contribution in [1.82, 2.24) is 0 Å². The van der Waals surface area contributed by atoms with Crippen LogP contribution in [0, 0.1) is 15.3 Å². The van der Waals surface area contributed by atoms with Gasteiger partial charge in [0.2, 0.25) is 0 Å². The molecule has 0 aliphatic heterocycles. The summed E-state index contributed by atoms with van der Waals surface area (Å²) in [6.45, 7) is 3.44. The Bertz CT molecular complexity index is 70.9. The molecule has 0 saturated heterocycles. The molecule has 0 radical (unpaired) electrons. The van der Waals surface area contributed by atoms with Gasteiger partial charge in [0.1, 0.15) is 0 Å². The van der Waals surface area contributed by atoms with Crippen LogP contribution < -0.4 is 0 Å². The van der Waals surface area contributed by atoms with Crippen molar-refractivity contribution in [3.63, 3.8) is 0 Å². The van der Waals surface area contributed by atoms with Crippen molar-refractivity contribution in [2.24, 2.45) is 0 Å². The van der Waals surface area contributed by atoms with Crippen LogP contribution in [0.3, 0.4) is 0 Å². The molecule has 0 aromatic rings. The summed E-state index contributed by atoms with van der Waals surface area (Å²) in [4.78, 5) is 9.18. The van der Waals surface area contributed by atoms with E-state index >= 15 is 0 Å². The first-order chi connectivity index (χ1) is 3.65. The summed E-state index contributed by atoms with van der Waals surface area (Å²) in [6.07, 6.45) is 1.81. The van der Waals surface area contributed by atoms with Crippen LogP contribution in [0.5, 0.6) is 0 Å². The number of allylic oxidation sites excluding steroid dienone is 1. The summed E-state index contributed by atoms with van der Waals surface area (Å²) in [5.41, 5.74) is 0. The molecule has 0 bridgehead atoms. The number of rotatable bonds is 1. The van der Waals surface area contributed by atoms with E-state index in [2.05, 4.69) is 25.8 Å². The Hall–Kier alpha value is -0.398. The van der Waals surface area contributed by atoms with Gasteiger partial charge in [-0.25, -0.2) is 0 Å². The molecule has 0 aliphatic rings. The fraction of sp³-hybridized carbons (Fsp3) is 0.333. The Balaban J connectivity index is 0. The van der Waals surface area contributed by atoms with E-state index in [9.17, 15) is 0 Å². The zero-order valence-electron chi connectivity index (χ0n) is 3.98. The second-order valence-electron chi connectivity index (χ2n) is 0.641. The van der Waals surface area contributed by atoms with Gasteiger partial charge in [-0.1, -0.05) is 0 Å². The topological polar surface area (TPSA) is 66.2 Å². The van der Waals surface area contributed by atoms with Gasteiger partial charge in [0.25, 0.3) is 0 Å². The van der Waals surface area contributed by atoms with Crippen LogP contribution in [0.1, 0.15) is 0 Å². The Morgan fingerprint density at radius 2 is 1.88 bits per heavy atom. The summed E-state index contributed by atoms with van der Waals surface area (Å²) in [5, 5.41) is 14.8. The van der Waals surface area contributed by atoms with Gasteiger partial charge in [-0.05, 0) is 0 Å². The van der Waals surface area contributed by atoms with Crippen molar-refractivity contribution in [3.05, 3.63) is 28.0 Å². The predicted molar refractivity (Wildman–Crippen MR) is 25.4 cm³/mol. The zero-order valence-corrected chi connectivity index (χ0v) is 5.53. The first-order valence-corrected chi connectivity index (χ1v) is 2.69. The SMILES string of the molecule is C=C[CH2][Pd+].O=[N+]([O-])[O-]. The van der Waals surface area contributed by atoms with Gasteiger partial charge in [-0.15, -0.1) is 0 Å². The minimum absolute atomic E-state index is 0.933. The van der Waals surface area contributed by atoms with Crippen molar-refractivity contribution in [2.45, 2.75) is 4.89 Å². The first kappa shape index (κ1) is 10.6. The van der Waals surface area contributed by atoms with Crippen molar-refractivity contribution >= 4 is 0 Å². The molecule has 0 aromatic carbocycles. The van der Waals surface area contributed by atoms with Crippen LogP contribution in [0.2, 0.25) is 4.89 Å². The Morgan fingerprint density at radius 3 is 1.88 bits per heavy atom. The van der Waals surface area contributed by atoms with E-state index in [1.807, 2.05) is 6.08 Å². The molecule has 5 heteroatoms. The summed E-state index contributed by atoms with van der Waals surface area (Å²) in [7, 11) is 0. The van der Waals surface area contributed by atoms with E-state index in [-0.39, 0.29) is 0 Å². The van der Waals surface area contributed by atoms with Gasteiger partial charge in [0.05, 0.1) is 5.09 Å². The number of hydrogen-bond acceptors (Lipinski definition) is 3. The largest absolute Gasteiger partial charge is 0.356 e. The van der Waals surface area contributed by atoms with Crippen molar-refractivity contribution in [1.29, 1.82) is 0 Å². The maximum atomic E-state index is 8.25. The number of nitrogens with zero attached hydrogens (tertiary/aromatic N) is 1. The van der Waals surface area contributed by atoms with Crippen molar-refractivity contribution < 1.29 is 24.3 Å². The maximum absolute atomic E-state index is 8.25. The van der Waals surface area contributed by atoms with Crippen LogP contribution in [-0.2, 0) is 19.2 Å². The third-order valence-electron chi connectivity index (χ3n) is 0.0913. The molecular formula is C3H5NO3Pd. The van der Waals surface area contributed by atoms with Crippen LogP contribution in [0.15, 0.2) is 12.7 Å². The smallest absolute Gasteiger partial charge is 0.0689 e.